The van der Waals surface area contributed by atoms with E-state index in [0.717, 1.165) is 16.3 Å². The molecule has 1 aromatic carbocycles. The second-order valence-electron chi connectivity index (χ2n) is 5.35. The van der Waals surface area contributed by atoms with Crippen molar-refractivity contribution in [2.45, 2.75) is 32.3 Å². The van der Waals surface area contributed by atoms with Crippen molar-refractivity contribution >= 4 is 27.0 Å². The average molecular weight is 362 g/mol. The van der Waals surface area contributed by atoms with Crippen molar-refractivity contribution in [3.8, 4) is 11.3 Å². The molecule has 0 atom stereocenters. The molecule has 0 fully saturated rings. The van der Waals surface area contributed by atoms with Crippen LogP contribution in [0.2, 0.25) is 0 Å². The van der Waals surface area contributed by atoms with Crippen LogP contribution in [0.4, 0.5) is 5.69 Å². The molecular formula is C16H18N4O2S2. The van der Waals surface area contributed by atoms with Crippen LogP contribution < -0.4 is 4.72 Å². The Kier molecular flexibility index (Phi) is 4.42. The van der Waals surface area contributed by atoms with Crippen molar-refractivity contribution in [1.82, 2.24) is 14.5 Å². The molecule has 0 spiro atoms. The normalized spacial score (nSPS) is 11.6. The fraction of sp³-hybridized carbons (Fsp3) is 0.250. The summed E-state index contributed by atoms with van der Waals surface area (Å²) in [6.45, 7) is 6.36. The molecule has 0 saturated heterocycles. The number of nitrogens with zero attached hydrogens (tertiary/aromatic N) is 3. The predicted octanol–water partition coefficient (Wildman–Crippen LogP) is 3.44. The molecule has 126 valence electrons. The molecule has 0 saturated carbocycles. The molecular weight excluding hydrogens is 344 g/mol. The maximum Gasteiger partial charge on any atom is 0.280 e. The van der Waals surface area contributed by atoms with Gasteiger partial charge in [0.25, 0.3) is 10.0 Å². The van der Waals surface area contributed by atoms with Gasteiger partial charge in [-0.05, 0) is 32.9 Å². The standard InChI is InChI=1S/C16H18N4O2S2/c1-4-20-9-16(17-11(20)2)24(21,22)19-14-7-5-13(6-8-14)15-10-23-12(3)18-15/h5-10,19H,4H2,1-3H3. The van der Waals surface area contributed by atoms with Gasteiger partial charge in [-0.15, -0.1) is 11.3 Å². The largest absolute Gasteiger partial charge is 0.334 e. The van der Waals surface area contributed by atoms with Gasteiger partial charge in [0.15, 0.2) is 5.03 Å². The smallest absolute Gasteiger partial charge is 0.280 e. The molecule has 2 aromatic heterocycles. The van der Waals surface area contributed by atoms with Crippen LogP contribution in [0, 0.1) is 13.8 Å². The van der Waals surface area contributed by atoms with Crippen molar-refractivity contribution in [2.75, 3.05) is 4.72 Å². The zero-order valence-corrected chi connectivity index (χ0v) is 15.3. The van der Waals surface area contributed by atoms with E-state index < -0.39 is 10.0 Å². The van der Waals surface area contributed by atoms with Gasteiger partial charge >= 0.3 is 0 Å². The Labute approximate surface area is 145 Å². The van der Waals surface area contributed by atoms with Gasteiger partial charge in [-0.1, -0.05) is 12.1 Å². The van der Waals surface area contributed by atoms with E-state index in [1.54, 1.807) is 41.2 Å². The Morgan fingerprint density at radius 1 is 1.17 bits per heavy atom. The van der Waals surface area contributed by atoms with Crippen molar-refractivity contribution in [3.05, 3.63) is 46.7 Å². The van der Waals surface area contributed by atoms with Gasteiger partial charge in [-0.3, -0.25) is 4.72 Å². The number of aryl methyl sites for hydroxylation is 3. The van der Waals surface area contributed by atoms with E-state index >= 15 is 0 Å². The fourth-order valence-corrected chi connectivity index (χ4v) is 4.03. The Balaban J connectivity index is 1.82. The third-order valence-corrected chi connectivity index (χ3v) is 5.65. The lowest BCUT2D eigenvalue weighted by Crippen LogP contribution is -2.13. The highest BCUT2D eigenvalue weighted by atomic mass is 32.2. The number of nitrogens with one attached hydrogen (secondary N) is 1. The van der Waals surface area contributed by atoms with Crippen LogP contribution >= 0.6 is 11.3 Å². The maximum atomic E-state index is 12.4. The summed E-state index contributed by atoms with van der Waals surface area (Å²) in [6.07, 6.45) is 1.55. The minimum absolute atomic E-state index is 0.0288. The van der Waals surface area contributed by atoms with Gasteiger partial charge in [-0.25, -0.2) is 9.97 Å². The summed E-state index contributed by atoms with van der Waals surface area (Å²) in [4.78, 5) is 8.54. The third kappa shape index (κ3) is 3.34. The first-order valence-electron chi connectivity index (χ1n) is 7.48. The number of hydrogen-bond acceptors (Lipinski definition) is 5. The van der Waals surface area contributed by atoms with Crippen LogP contribution in [0.1, 0.15) is 17.8 Å². The molecule has 1 N–H and O–H groups in total. The summed E-state index contributed by atoms with van der Waals surface area (Å²) in [5, 5.41) is 3.01. The van der Waals surface area contributed by atoms with E-state index in [1.807, 2.05) is 31.4 Å². The van der Waals surface area contributed by atoms with Crippen LogP contribution in [-0.4, -0.2) is 23.0 Å². The summed E-state index contributed by atoms with van der Waals surface area (Å²) in [5.74, 6) is 0.673. The highest BCUT2D eigenvalue weighted by Gasteiger charge is 2.19. The molecule has 3 rings (SSSR count). The summed E-state index contributed by atoms with van der Waals surface area (Å²) < 4.78 is 29.2. The van der Waals surface area contributed by atoms with Crippen LogP contribution in [0.15, 0.2) is 40.9 Å². The molecule has 2 heterocycles. The zero-order valence-electron chi connectivity index (χ0n) is 13.6. The molecule has 6 nitrogen and oxygen atoms in total. The second-order valence-corrected chi connectivity index (χ2v) is 8.04. The molecule has 3 aromatic rings. The molecule has 24 heavy (non-hydrogen) atoms. The van der Waals surface area contributed by atoms with Crippen molar-refractivity contribution in [2.24, 2.45) is 0 Å². The van der Waals surface area contributed by atoms with Gasteiger partial charge in [0.2, 0.25) is 0 Å². The molecule has 8 heteroatoms. The van der Waals surface area contributed by atoms with Crippen LogP contribution in [0.25, 0.3) is 11.3 Å². The first-order valence-corrected chi connectivity index (χ1v) is 9.84. The minimum Gasteiger partial charge on any atom is -0.334 e. The lowest BCUT2D eigenvalue weighted by atomic mass is 10.1. The summed E-state index contributed by atoms with van der Waals surface area (Å²) >= 11 is 1.58. The van der Waals surface area contributed by atoms with Crippen molar-refractivity contribution in [1.29, 1.82) is 0 Å². The summed E-state index contributed by atoms with van der Waals surface area (Å²) in [5.41, 5.74) is 2.34. The lowest BCUT2D eigenvalue weighted by molar-refractivity contribution is 0.598. The Hall–Kier alpha value is -2.19. The number of thiazole rings is 1. The Bertz CT molecular complexity index is 956. The number of imidazole rings is 1. The predicted molar refractivity (Wildman–Crippen MR) is 95.7 cm³/mol. The number of sulfonamides is 1. The summed E-state index contributed by atoms with van der Waals surface area (Å²) in [7, 11) is -3.69. The number of anilines is 1. The maximum absolute atomic E-state index is 12.4. The number of benzene rings is 1. The molecule has 0 radical (unpaired) electrons. The van der Waals surface area contributed by atoms with Crippen LogP contribution in [0.5, 0.6) is 0 Å². The van der Waals surface area contributed by atoms with E-state index in [1.165, 1.54) is 0 Å². The highest BCUT2D eigenvalue weighted by Crippen LogP contribution is 2.24. The van der Waals surface area contributed by atoms with Crippen molar-refractivity contribution < 1.29 is 8.42 Å². The monoisotopic (exact) mass is 362 g/mol. The minimum atomic E-state index is -3.69. The molecule has 0 bridgehead atoms. The van der Waals surface area contributed by atoms with Gasteiger partial charge < -0.3 is 4.57 Å². The molecule has 0 unspecified atom stereocenters. The Morgan fingerprint density at radius 2 is 1.88 bits per heavy atom. The second kappa shape index (κ2) is 6.37. The highest BCUT2D eigenvalue weighted by molar-refractivity contribution is 7.92. The topological polar surface area (TPSA) is 76.9 Å². The number of hydrogen-bond donors (Lipinski definition) is 1. The van der Waals surface area contributed by atoms with E-state index in [4.69, 9.17) is 0 Å². The first kappa shape index (κ1) is 16.7. The fourth-order valence-electron chi connectivity index (χ4n) is 2.34. The third-order valence-electron chi connectivity index (χ3n) is 3.62. The van der Waals surface area contributed by atoms with E-state index in [0.29, 0.717) is 18.1 Å². The average Bonchev–Trinajstić information content (AvgIpc) is 3.14. The van der Waals surface area contributed by atoms with E-state index in [-0.39, 0.29) is 5.03 Å². The van der Waals surface area contributed by atoms with Crippen LogP contribution in [-0.2, 0) is 16.6 Å². The van der Waals surface area contributed by atoms with Gasteiger partial charge in [0.05, 0.1) is 10.7 Å². The van der Waals surface area contributed by atoms with Gasteiger partial charge in [-0.2, -0.15) is 8.42 Å². The van der Waals surface area contributed by atoms with Crippen molar-refractivity contribution in [3.63, 3.8) is 0 Å². The van der Waals surface area contributed by atoms with E-state index in [2.05, 4.69) is 14.7 Å². The Morgan fingerprint density at radius 3 is 2.42 bits per heavy atom. The van der Waals surface area contributed by atoms with Crippen LogP contribution in [0.3, 0.4) is 0 Å². The molecule has 0 aliphatic carbocycles. The van der Waals surface area contributed by atoms with Gasteiger partial charge in [0, 0.05) is 29.4 Å². The number of aromatic nitrogens is 3. The zero-order chi connectivity index (χ0) is 17.3. The quantitative estimate of drug-likeness (QED) is 0.754. The lowest BCUT2D eigenvalue weighted by Gasteiger charge is -2.06. The first-order chi connectivity index (χ1) is 11.4. The molecule has 0 amide bonds. The van der Waals surface area contributed by atoms with E-state index in [9.17, 15) is 8.42 Å². The molecule has 0 aliphatic heterocycles. The summed E-state index contributed by atoms with van der Waals surface area (Å²) in [6, 6.07) is 7.15. The van der Waals surface area contributed by atoms with Gasteiger partial charge in [0.1, 0.15) is 5.82 Å². The molecule has 0 aliphatic rings. The SMILES string of the molecule is CCn1cc(S(=O)(=O)Nc2ccc(-c3csc(C)n3)cc2)nc1C. The number of rotatable bonds is 5.